The lowest BCUT2D eigenvalue weighted by atomic mass is 9.97. The predicted molar refractivity (Wildman–Crippen MR) is 145 cm³/mol. The van der Waals surface area contributed by atoms with Crippen molar-refractivity contribution in [1.29, 1.82) is 0 Å². The largest absolute Gasteiger partial charge is 0.463 e. The van der Waals surface area contributed by atoms with Gasteiger partial charge in [0.2, 0.25) is 0 Å². The SMILES string of the molecule is [2H]CC(=O)OC[C@H]1OC(n2cc(C(O)c3ccc(F)cc3)c3c(Cl)cccc32)[C@H](OC(=O)C[2H])[C@@H](OC(=O)C[2H])[C@@H]1OC(=O)C[2H]. The summed E-state index contributed by atoms with van der Waals surface area (Å²) in [5.41, 5.74) is 0.808. The monoisotopic (exact) mass is 609 g/mol. The van der Waals surface area contributed by atoms with Crippen molar-refractivity contribution in [2.75, 3.05) is 6.61 Å². The lowest BCUT2D eigenvalue weighted by Gasteiger charge is -2.44. The highest BCUT2D eigenvalue weighted by molar-refractivity contribution is 6.35. The molecule has 4 rings (SSSR count). The van der Waals surface area contributed by atoms with Crippen LogP contribution in [0.4, 0.5) is 4.39 Å². The van der Waals surface area contributed by atoms with E-state index in [2.05, 4.69) is 0 Å². The van der Waals surface area contributed by atoms with Crippen molar-refractivity contribution in [2.45, 2.75) is 64.3 Å². The molecule has 1 aromatic heterocycles. The van der Waals surface area contributed by atoms with E-state index in [4.69, 9.17) is 40.8 Å². The van der Waals surface area contributed by atoms with Gasteiger partial charge in [-0.1, -0.05) is 29.8 Å². The molecule has 13 heteroatoms. The fourth-order valence-electron chi connectivity index (χ4n) is 4.83. The Morgan fingerprint density at radius 3 is 2.21 bits per heavy atom. The number of esters is 4. The highest BCUT2D eigenvalue weighted by Gasteiger charge is 2.53. The maximum atomic E-state index is 13.6. The number of fused-ring (bicyclic) bond motifs is 1. The number of aromatic nitrogens is 1. The van der Waals surface area contributed by atoms with Crippen LogP contribution in [0.2, 0.25) is 5.02 Å². The molecule has 0 bridgehead atoms. The molecular formula is C29H29ClFNO10. The second kappa shape index (κ2) is 12.9. The van der Waals surface area contributed by atoms with Crippen LogP contribution in [0, 0.1) is 5.82 Å². The molecule has 0 spiro atoms. The first-order chi connectivity index (χ1) is 22.0. The van der Waals surface area contributed by atoms with Crippen LogP contribution in [0.15, 0.2) is 48.7 Å². The van der Waals surface area contributed by atoms with Gasteiger partial charge in [-0.25, -0.2) is 4.39 Å². The average molecular weight is 610 g/mol. The van der Waals surface area contributed by atoms with E-state index in [-0.39, 0.29) is 10.6 Å². The molecule has 1 saturated heterocycles. The maximum Gasteiger partial charge on any atom is 0.303 e. The molecule has 0 radical (unpaired) electrons. The van der Waals surface area contributed by atoms with Gasteiger partial charge in [0, 0.05) is 50.2 Å². The second-order valence-electron chi connectivity index (χ2n) is 9.19. The third-order valence-corrected chi connectivity index (χ3v) is 6.73. The van der Waals surface area contributed by atoms with Crippen molar-refractivity contribution in [1.82, 2.24) is 4.57 Å². The molecule has 2 aromatic carbocycles. The van der Waals surface area contributed by atoms with E-state index in [1.807, 2.05) is 0 Å². The Morgan fingerprint density at radius 1 is 0.952 bits per heavy atom. The first kappa shape index (κ1) is 25.7. The van der Waals surface area contributed by atoms with E-state index in [9.17, 15) is 28.7 Å². The molecule has 2 heterocycles. The van der Waals surface area contributed by atoms with Crippen LogP contribution in [-0.2, 0) is 42.9 Å². The standard InChI is InChI=1S/C29H29ClFNO10/c1-14(33)38-13-23-26(39-15(2)34)27(40-16(3)35)28(41-17(4)36)29(42-23)32-12-20(24-21(30)6-5-7-22(24)32)25(37)18-8-10-19(31)11-9-18/h5-12,23,25-29,37H,13H2,1-4H3/t23-,25?,26-,27+,28-,29?/m1/s1/i1D,2D,3D,4D. The van der Waals surface area contributed by atoms with Gasteiger partial charge in [0.15, 0.2) is 24.5 Å². The van der Waals surface area contributed by atoms with Gasteiger partial charge in [0.25, 0.3) is 0 Å². The van der Waals surface area contributed by atoms with Crippen molar-refractivity contribution in [3.8, 4) is 0 Å². The molecule has 1 fully saturated rings. The summed E-state index contributed by atoms with van der Waals surface area (Å²) in [6.07, 6.45) is -7.95. The third-order valence-electron chi connectivity index (χ3n) is 6.41. The normalized spacial score (nSPS) is 23.9. The van der Waals surface area contributed by atoms with E-state index in [0.29, 0.717) is 16.5 Å². The van der Waals surface area contributed by atoms with Crippen molar-refractivity contribution in [3.63, 3.8) is 0 Å². The molecule has 6 atom stereocenters. The number of hydrogen-bond donors (Lipinski definition) is 1. The number of carbonyl (C=O) groups is 4. The number of nitrogens with zero attached hydrogens (tertiary/aromatic N) is 1. The third kappa shape index (κ3) is 6.72. The fourth-order valence-corrected chi connectivity index (χ4v) is 5.10. The Labute approximate surface area is 250 Å². The van der Waals surface area contributed by atoms with Gasteiger partial charge >= 0.3 is 23.9 Å². The summed E-state index contributed by atoms with van der Waals surface area (Å²) in [7, 11) is 0. The zero-order chi connectivity index (χ0) is 33.5. The van der Waals surface area contributed by atoms with Crippen LogP contribution >= 0.6 is 11.6 Å². The number of rotatable bonds is 8. The number of benzene rings is 2. The zero-order valence-corrected chi connectivity index (χ0v) is 22.7. The minimum absolute atomic E-state index is 0.184. The van der Waals surface area contributed by atoms with E-state index in [0.717, 1.165) is 12.1 Å². The summed E-state index contributed by atoms with van der Waals surface area (Å²) >= 11 is 6.58. The van der Waals surface area contributed by atoms with Crippen LogP contribution in [0.5, 0.6) is 0 Å². The van der Waals surface area contributed by atoms with Gasteiger partial charge in [-0.2, -0.15) is 0 Å². The van der Waals surface area contributed by atoms with E-state index < -0.39 is 101 Å². The summed E-state index contributed by atoms with van der Waals surface area (Å²) in [4.78, 5) is 49.3. The Bertz CT molecular complexity index is 1580. The van der Waals surface area contributed by atoms with E-state index in [1.165, 1.54) is 22.9 Å². The molecular weight excluding hydrogens is 577 g/mol. The van der Waals surface area contributed by atoms with Crippen molar-refractivity contribution < 1.29 is 57.8 Å². The van der Waals surface area contributed by atoms with Crippen molar-refractivity contribution in [3.05, 3.63) is 70.6 Å². The van der Waals surface area contributed by atoms with Crippen molar-refractivity contribution >= 4 is 46.4 Å². The molecule has 3 aromatic rings. The Balaban J connectivity index is 1.92. The number of carbonyl (C=O) groups excluding carboxylic acids is 4. The van der Waals surface area contributed by atoms with Gasteiger partial charge < -0.3 is 33.4 Å². The number of hydrogen-bond acceptors (Lipinski definition) is 10. The number of aliphatic hydroxyl groups excluding tert-OH is 1. The highest BCUT2D eigenvalue weighted by atomic mass is 35.5. The Hall–Kier alpha value is -4.00. The molecule has 42 heavy (non-hydrogen) atoms. The average Bonchev–Trinajstić information content (AvgIpc) is 3.45. The summed E-state index contributed by atoms with van der Waals surface area (Å²) in [5, 5.41) is 11.9. The predicted octanol–water partition coefficient (Wildman–Crippen LogP) is 3.77. The van der Waals surface area contributed by atoms with E-state index in [1.54, 1.807) is 18.2 Å². The number of halogens is 2. The lowest BCUT2D eigenvalue weighted by Crippen LogP contribution is -2.60. The molecule has 2 unspecified atom stereocenters. The fraction of sp³-hybridized carbons (Fsp3) is 0.379. The molecule has 1 N–H and O–H groups in total. The van der Waals surface area contributed by atoms with Gasteiger partial charge in [-0.05, 0) is 29.8 Å². The van der Waals surface area contributed by atoms with E-state index >= 15 is 0 Å². The minimum Gasteiger partial charge on any atom is -0.463 e. The molecule has 11 nitrogen and oxygen atoms in total. The molecule has 0 aliphatic carbocycles. The highest BCUT2D eigenvalue weighted by Crippen LogP contribution is 2.41. The summed E-state index contributed by atoms with van der Waals surface area (Å²) in [6.45, 7) is -4.06. The van der Waals surface area contributed by atoms with Crippen molar-refractivity contribution in [2.24, 2.45) is 0 Å². The molecule has 1 aliphatic rings. The first-order valence-corrected chi connectivity index (χ1v) is 12.7. The topological polar surface area (TPSA) is 140 Å². The molecule has 1 aliphatic heterocycles. The Kier molecular flexibility index (Phi) is 7.88. The van der Waals surface area contributed by atoms with Crippen LogP contribution in [0.1, 0.15) is 56.5 Å². The molecule has 224 valence electrons. The maximum absolute atomic E-state index is 13.6. The van der Waals surface area contributed by atoms with Gasteiger partial charge in [-0.3, -0.25) is 19.2 Å². The lowest BCUT2D eigenvalue weighted by molar-refractivity contribution is -0.267. The van der Waals surface area contributed by atoms with Gasteiger partial charge in [0.1, 0.15) is 24.6 Å². The van der Waals surface area contributed by atoms with Crippen LogP contribution in [-0.4, -0.2) is 64.6 Å². The van der Waals surface area contributed by atoms with Crippen LogP contribution < -0.4 is 0 Å². The number of ether oxygens (including phenoxy) is 5. The Morgan fingerprint density at radius 2 is 1.57 bits per heavy atom. The molecule has 0 saturated carbocycles. The molecule has 0 amide bonds. The zero-order valence-electron chi connectivity index (χ0n) is 25.9. The van der Waals surface area contributed by atoms with Crippen LogP contribution in [0.25, 0.3) is 10.9 Å². The van der Waals surface area contributed by atoms with Gasteiger partial charge in [0.05, 0.1) is 10.5 Å². The smallest absolute Gasteiger partial charge is 0.303 e. The number of aliphatic hydroxyl groups is 1. The van der Waals surface area contributed by atoms with Gasteiger partial charge in [-0.15, -0.1) is 0 Å². The van der Waals surface area contributed by atoms with Crippen LogP contribution in [0.3, 0.4) is 0 Å². The summed E-state index contributed by atoms with van der Waals surface area (Å²) < 4.78 is 72.3. The quantitative estimate of drug-likeness (QED) is 0.296. The summed E-state index contributed by atoms with van der Waals surface area (Å²) in [5.74, 6) is -4.84. The second-order valence-corrected chi connectivity index (χ2v) is 9.60. The minimum atomic E-state index is -1.72. The first-order valence-electron chi connectivity index (χ1n) is 15.1. The summed E-state index contributed by atoms with van der Waals surface area (Å²) in [6, 6.07) is 9.77.